The summed E-state index contributed by atoms with van der Waals surface area (Å²) in [6.45, 7) is 8.84. The van der Waals surface area contributed by atoms with Crippen LogP contribution >= 0.6 is 0 Å². The maximum Gasteiger partial charge on any atom is 0.0525 e. The maximum atomic E-state index is 9.85. The molecule has 0 aliphatic rings. The van der Waals surface area contributed by atoms with Gasteiger partial charge in [0, 0.05) is 10.8 Å². The van der Waals surface area contributed by atoms with Gasteiger partial charge in [0.15, 0.2) is 0 Å². The van der Waals surface area contributed by atoms with Gasteiger partial charge in [-0.3, -0.25) is 0 Å². The van der Waals surface area contributed by atoms with Crippen molar-refractivity contribution in [3.05, 3.63) is 106 Å². The van der Waals surface area contributed by atoms with E-state index in [1.807, 2.05) is 0 Å². The van der Waals surface area contributed by atoms with Crippen LogP contribution in [0, 0.1) is 0 Å². The molecule has 2 heteroatoms. The number of benzene rings is 3. The van der Waals surface area contributed by atoms with Gasteiger partial charge in [-0.15, -0.1) is 0 Å². The molecule has 2 N–H and O–H groups in total. The van der Waals surface area contributed by atoms with E-state index in [4.69, 9.17) is 0 Å². The third kappa shape index (κ3) is 5.49. The van der Waals surface area contributed by atoms with Crippen LogP contribution in [0.3, 0.4) is 0 Å². The molecule has 0 spiro atoms. The van der Waals surface area contributed by atoms with Crippen molar-refractivity contribution >= 4 is 0 Å². The molecule has 3 rings (SSSR count). The van der Waals surface area contributed by atoms with E-state index in [1.165, 1.54) is 33.4 Å². The molecule has 0 bridgehead atoms. The molecule has 0 saturated heterocycles. The van der Waals surface area contributed by atoms with E-state index in [2.05, 4.69) is 100 Å². The zero-order chi connectivity index (χ0) is 23.2. The van der Waals surface area contributed by atoms with Gasteiger partial charge in [-0.1, -0.05) is 100 Å². The Hall–Kier alpha value is -2.42. The van der Waals surface area contributed by atoms with Crippen molar-refractivity contribution in [2.45, 2.75) is 64.2 Å². The smallest absolute Gasteiger partial charge is 0.0525 e. The normalized spacial score (nSPS) is 15.2. The second-order valence-corrected chi connectivity index (χ2v) is 9.72. The van der Waals surface area contributed by atoms with Crippen molar-refractivity contribution in [2.24, 2.45) is 0 Å². The lowest BCUT2D eigenvalue weighted by molar-refractivity contribution is 0.201. The highest BCUT2D eigenvalue weighted by Crippen LogP contribution is 2.29. The molecular formula is C30H38O2. The fraction of sp³-hybridized carbons (Fsp3) is 0.400. The largest absolute Gasteiger partial charge is 0.395 e. The summed E-state index contributed by atoms with van der Waals surface area (Å²) in [5, 5.41) is 19.7. The average Bonchev–Trinajstić information content (AvgIpc) is 2.84. The fourth-order valence-corrected chi connectivity index (χ4v) is 4.17. The topological polar surface area (TPSA) is 40.5 Å². The standard InChI is InChI=1S/C30H38O2/c1-5-29(3,21-31)27-11-7-9-25(19-27)17-23-13-15-24(16-14-23)18-26-10-8-12-28(20-26)30(4,6-2)22-32/h7-16,19-20,31-32H,5-6,17-18,21-22H2,1-4H3. The summed E-state index contributed by atoms with van der Waals surface area (Å²) in [4.78, 5) is 0. The van der Waals surface area contributed by atoms with E-state index in [0.717, 1.165) is 25.7 Å². The van der Waals surface area contributed by atoms with Gasteiger partial charge in [0.2, 0.25) is 0 Å². The number of hydrogen-bond donors (Lipinski definition) is 2. The molecule has 0 saturated carbocycles. The molecule has 0 amide bonds. The molecule has 32 heavy (non-hydrogen) atoms. The van der Waals surface area contributed by atoms with Crippen LogP contribution in [-0.2, 0) is 23.7 Å². The van der Waals surface area contributed by atoms with E-state index in [0.29, 0.717) is 0 Å². The van der Waals surface area contributed by atoms with Crippen LogP contribution in [0.2, 0.25) is 0 Å². The molecular weight excluding hydrogens is 392 g/mol. The van der Waals surface area contributed by atoms with E-state index in [9.17, 15) is 10.2 Å². The van der Waals surface area contributed by atoms with E-state index < -0.39 is 0 Å². The highest BCUT2D eigenvalue weighted by atomic mass is 16.3. The number of hydrogen-bond acceptors (Lipinski definition) is 2. The Bertz CT molecular complexity index is 913. The lowest BCUT2D eigenvalue weighted by atomic mass is 9.80. The quantitative estimate of drug-likeness (QED) is 0.403. The van der Waals surface area contributed by atoms with Crippen molar-refractivity contribution < 1.29 is 10.2 Å². The van der Waals surface area contributed by atoms with Crippen molar-refractivity contribution in [1.29, 1.82) is 0 Å². The molecule has 3 aromatic rings. The Balaban J connectivity index is 1.72. The molecule has 170 valence electrons. The Labute approximate surface area is 194 Å². The van der Waals surface area contributed by atoms with Crippen LogP contribution in [0.15, 0.2) is 72.8 Å². The minimum Gasteiger partial charge on any atom is -0.395 e. The van der Waals surface area contributed by atoms with Gasteiger partial charge in [0.1, 0.15) is 0 Å². The summed E-state index contributed by atoms with van der Waals surface area (Å²) < 4.78 is 0. The van der Waals surface area contributed by atoms with Crippen molar-refractivity contribution in [2.75, 3.05) is 13.2 Å². The molecule has 2 nitrogen and oxygen atoms in total. The number of rotatable bonds is 10. The molecule has 0 aliphatic carbocycles. The molecule has 2 unspecified atom stereocenters. The Morgan fingerprint density at radius 1 is 0.562 bits per heavy atom. The average molecular weight is 431 g/mol. The molecule has 0 fully saturated rings. The summed E-state index contributed by atoms with van der Waals surface area (Å²) in [6, 6.07) is 26.2. The first-order valence-electron chi connectivity index (χ1n) is 11.8. The zero-order valence-corrected chi connectivity index (χ0v) is 20.1. The van der Waals surface area contributed by atoms with Crippen molar-refractivity contribution in [3.63, 3.8) is 0 Å². The summed E-state index contributed by atoms with van der Waals surface area (Å²) in [5.74, 6) is 0. The molecule has 0 aromatic heterocycles. The summed E-state index contributed by atoms with van der Waals surface area (Å²) in [7, 11) is 0. The third-order valence-electron chi connectivity index (χ3n) is 7.35. The van der Waals surface area contributed by atoms with Crippen LogP contribution in [0.4, 0.5) is 0 Å². The first-order valence-corrected chi connectivity index (χ1v) is 11.8. The Kier molecular flexibility index (Phi) is 7.92. The van der Waals surface area contributed by atoms with Gasteiger partial charge in [0.25, 0.3) is 0 Å². The lowest BCUT2D eigenvalue weighted by Crippen LogP contribution is -2.25. The summed E-state index contributed by atoms with van der Waals surface area (Å²) >= 11 is 0. The number of aliphatic hydroxyl groups excluding tert-OH is 2. The first-order chi connectivity index (χ1) is 15.4. The zero-order valence-electron chi connectivity index (χ0n) is 20.1. The predicted octanol–water partition coefficient (Wildman–Crippen LogP) is 6.19. The maximum absolute atomic E-state index is 9.85. The van der Waals surface area contributed by atoms with Gasteiger partial charge in [-0.05, 0) is 59.1 Å². The molecule has 0 heterocycles. The highest BCUT2D eigenvalue weighted by molar-refractivity contribution is 5.37. The van der Waals surface area contributed by atoms with E-state index >= 15 is 0 Å². The minimum absolute atomic E-state index is 0.165. The second kappa shape index (κ2) is 10.5. The van der Waals surface area contributed by atoms with E-state index in [-0.39, 0.29) is 24.0 Å². The molecule has 3 aromatic carbocycles. The van der Waals surface area contributed by atoms with Gasteiger partial charge in [0.05, 0.1) is 13.2 Å². The molecule has 0 radical (unpaired) electrons. The SMILES string of the molecule is CCC(C)(CO)c1cccc(Cc2ccc(Cc3cccc(C(C)(CC)CO)c3)cc2)c1. The summed E-state index contributed by atoms with van der Waals surface area (Å²) in [5.41, 5.74) is 7.19. The monoisotopic (exact) mass is 430 g/mol. The first kappa shape index (κ1) is 24.2. The Morgan fingerprint density at radius 2 is 0.938 bits per heavy atom. The van der Waals surface area contributed by atoms with Crippen LogP contribution in [-0.4, -0.2) is 23.4 Å². The van der Waals surface area contributed by atoms with Gasteiger partial charge in [-0.2, -0.15) is 0 Å². The van der Waals surface area contributed by atoms with Gasteiger partial charge in [-0.25, -0.2) is 0 Å². The lowest BCUT2D eigenvalue weighted by Gasteiger charge is -2.26. The highest BCUT2D eigenvalue weighted by Gasteiger charge is 2.24. The predicted molar refractivity (Wildman–Crippen MR) is 134 cm³/mol. The van der Waals surface area contributed by atoms with Crippen molar-refractivity contribution in [1.82, 2.24) is 0 Å². The minimum atomic E-state index is -0.182. The van der Waals surface area contributed by atoms with Gasteiger partial charge < -0.3 is 10.2 Å². The molecule has 0 aliphatic heterocycles. The summed E-state index contributed by atoms with van der Waals surface area (Å²) in [6.07, 6.45) is 3.61. The van der Waals surface area contributed by atoms with Crippen LogP contribution in [0.5, 0.6) is 0 Å². The third-order valence-corrected chi connectivity index (χ3v) is 7.35. The Morgan fingerprint density at radius 3 is 1.25 bits per heavy atom. The van der Waals surface area contributed by atoms with Crippen LogP contribution in [0.1, 0.15) is 73.9 Å². The van der Waals surface area contributed by atoms with Crippen molar-refractivity contribution in [3.8, 4) is 0 Å². The van der Waals surface area contributed by atoms with E-state index in [1.54, 1.807) is 0 Å². The fourth-order valence-electron chi connectivity index (χ4n) is 4.17. The number of aliphatic hydroxyl groups is 2. The second-order valence-electron chi connectivity index (χ2n) is 9.72. The van der Waals surface area contributed by atoms with Gasteiger partial charge >= 0.3 is 0 Å². The van der Waals surface area contributed by atoms with Crippen LogP contribution < -0.4 is 0 Å². The van der Waals surface area contributed by atoms with Crippen LogP contribution in [0.25, 0.3) is 0 Å². The molecule has 2 atom stereocenters.